The molecule has 0 heterocycles. The normalized spacial score (nSPS) is 15.2. The van der Waals surface area contributed by atoms with Crippen LogP contribution in [0.3, 0.4) is 0 Å². The monoisotopic (exact) mass is 268 g/mol. The zero-order valence-corrected chi connectivity index (χ0v) is 12.8. The summed E-state index contributed by atoms with van der Waals surface area (Å²) in [5.41, 5.74) is 8.25. The smallest absolute Gasteiger partial charge is 0.0470 e. The number of likely N-dealkylation sites (N-methyl/N-ethyl adjacent to an activating group) is 1. The predicted molar refractivity (Wildman–Crippen MR) is 80.0 cm³/mol. The van der Waals surface area contributed by atoms with Crippen molar-refractivity contribution in [2.24, 2.45) is 11.7 Å². The SMILES string of the molecule is Cc1ccc(C(CN)N(C)C(C)C(C)C)cc1Cl. The largest absolute Gasteiger partial charge is 0.329 e. The van der Waals surface area contributed by atoms with Crippen molar-refractivity contribution in [2.75, 3.05) is 13.6 Å². The first-order valence-corrected chi connectivity index (χ1v) is 6.94. The van der Waals surface area contributed by atoms with Crippen LogP contribution in [0.15, 0.2) is 18.2 Å². The highest BCUT2D eigenvalue weighted by Gasteiger charge is 2.22. The minimum Gasteiger partial charge on any atom is -0.329 e. The van der Waals surface area contributed by atoms with Crippen molar-refractivity contribution < 1.29 is 0 Å². The Morgan fingerprint density at radius 1 is 1.28 bits per heavy atom. The van der Waals surface area contributed by atoms with Crippen molar-refractivity contribution in [1.29, 1.82) is 0 Å². The average Bonchev–Trinajstić information content (AvgIpc) is 2.33. The van der Waals surface area contributed by atoms with E-state index in [2.05, 4.69) is 44.9 Å². The summed E-state index contributed by atoms with van der Waals surface area (Å²) in [5.74, 6) is 0.602. The third-order valence-electron chi connectivity index (χ3n) is 3.90. The molecule has 102 valence electrons. The highest BCUT2D eigenvalue weighted by Crippen LogP contribution is 2.26. The fraction of sp³-hybridized carbons (Fsp3) is 0.600. The van der Waals surface area contributed by atoms with E-state index in [1.165, 1.54) is 5.56 Å². The van der Waals surface area contributed by atoms with Gasteiger partial charge in [0.25, 0.3) is 0 Å². The second-order valence-electron chi connectivity index (χ2n) is 5.41. The first-order valence-electron chi connectivity index (χ1n) is 6.56. The van der Waals surface area contributed by atoms with Crippen molar-refractivity contribution in [2.45, 2.75) is 39.8 Å². The average molecular weight is 269 g/mol. The molecule has 0 aliphatic carbocycles. The first-order chi connectivity index (χ1) is 8.38. The zero-order chi connectivity index (χ0) is 13.9. The van der Waals surface area contributed by atoms with Gasteiger partial charge in [-0.2, -0.15) is 0 Å². The van der Waals surface area contributed by atoms with Crippen molar-refractivity contribution in [3.63, 3.8) is 0 Å². The number of nitrogens with zero attached hydrogens (tertiary/aromatic N) is 1. The molecule has 1 aromatic carbocycles. The maximum absolute atomic E-state index is 6.20. The van der Waals surface area contributed by atoms with Crippen molar-refractivity contribution in [3.05, 3.63) is 34.3 Å². The highest BCUT2D eigenvalue weighted by molar-refractivity contribution is 6.31. The van der Waals surface area contributed by atoms with Crippen LogP contribution in [-0.2, 0) is 0 Å². The van der Waals surface area contributed by atoms with Crippen LogP contribution in [0.4, 0.5) is 0 Å². The molecule has 0 spiro atoms. The van der Waals surface area contributed by atoms with Crippen LogP contribution >= 0.6 is 11.6 Å². The van der Waals surface area contributed by atoms with E-state index in [1.807, 2.05) is 13.0 Å². The number of aryl methyl sites for hydroxylation is 1. The molecule has 0 fully saturated rings. The number of rotatable bonds is 5. The van der Waals surface area contributed by atoms with E-state index in [1.54, 1.807) is 0 Å². The van der Waals surface area contributed by atoms with Gasteiger partial charge in [-0.25, -0.2) is 0 Å². The van der Waals surface area contributed by atoms with Crippen molar-refractivity contribution in [1.82, 2.24) is 4.90 Å². The Hall–Kier alpha value is -0.570. The number of benzene rings is 1. The number of nitrogens with two attached hydrogens (primary N) is 1. The number of halogens is 1. The van der Waals surface area contributed by atoms with Gasteiger partial charge in [0.1, 0.15) is 0 Å². The van der Waals surface area contributed by atoms with Gasteiger partial charge in [0, 0.05) is 23.7 Å². The molecule has 3 heteroatoms. The van der Waals surface area contributed by atoms with E-state index < -0.39 is 0 Å². The van der Waals surface area contributed by atoms with Gasteiger partial charge in [-0.15, -0.1) is 0 Å². The molecule has 2 unspecified atom stereocenters. The summed E-state index contributed by atoms with van der Waals surface area (Å²) >= 11 is 6.20. The highest BCUT2D eigenvalue weighted by atomic mass is 35.5. The van der Waals surface area contributed by atoms with E-state index in [0.29, 0.717) is 18.5 Å². The lowest BCUT2D eigenvalue weighted by Gasteiger charge is -2.35. The minimum absolute atomic E-state index is 0.223. The van der Waals surface area contributed by atoms with Gasteiger partial charge in [-0.1, -0.05) is 37.6 Å². The number of hydrogen-bond acceptors (Lipinski definition) is 2. The summed E-state index contributed by atoms with van der Waals surface area (Å²) in [7, 11) is 2.13. The molecule has 0 aliphatic heterocycles. The maximum atomic E-state index is 6.20. The van der Waals surface area contributed by atoms with Crippen LogP contribution in [0.1, 0.15) is 37.9 Å². The van der Waals surface area contributed by atoms with Crippen LogP contribution < -0.4 is 5.73 Å². The van der Waals surface area contributed by atoms with Gasteiger partial charge in [-0.3, -0.25) is 4.90 Å². The van der Waals surface area contributed by atoms with E-state index >= 15 is 0 Å². The van der Waals surface area contributed by atoms with Crippen LogP contribution in [0, 0.1) is 12.8 Å². The molecule has 0 saturated carbocycles. The molecule has 18 heavy (non-hydrogen) atoms. The van der Waals surface area contributed by atoms with Gasteiger partial charge in [0.2, 0.25) is 0 Å². The predicted octanol–water partition coefficient (Wildman–Crippen LogP) is 3.62. The van der Waals surface area contributed by atoms with E-state index in [9.17, 15) is 0 Å². The van der Waals surface area contributed by atoms with Crippen LogP contribution in [0.5, 0.6) is 0 Å². The third kappa shape index (κ3) is 3.47. The summed E-state index contributed by atoms with van der Waals surface area (Å²) in [6.45, 7) is 9.33. The quantitative estimate of drug-likeness (QED) is 0.884. The Labute approximate surface area is 116 Å². The second kappa shape index (κ2) is 6.55. The van der Waals surface area contributed by atoms with E-state index in [0.717, 1.165) is 10.6 Å². The van der Waals surface area contributed by atoms with Gasteiger partial charge in [-0.05, 0) is 44.0 Å². The Kier molecular flexibility index (Phi) is 5.64. The second-order valence-corrected chi connectivity index (χ2v) is 5.82. The van der Waals surface area contributed by atoms with Gasteiger partial charge >= 0.3 is 0 Å². The van der Waals surface area contributed by atoms with Gasteiger partial charge in [0.15, 0.2) is 0 Å². The van der Waals surface area contributed by atoms with Crippen LogP contribution in [0.25, 0.3) is 0 Å². The summed E-state index contributed by atoms with van der Waals surface area (Å²) in [6.07, 6.45) is 0. The van der Waals surface area contributed by atoms with E-state index in [-0.39, 0.29) is 6.04 Å². The summed E-state index contributed by atoms with van der Waals surface area (Å²) < 4.78 is 0. The minimum atomic E-state index is 0.223. The Balaban J connectivity index is 2.98. The molecule has 0 bridgehead atoms. The molecule has 0 saturated heterocycles. The molecule has 0 aromatic heterocycles. The molecule has 2 nitrogen and oxygen atoms in total. The molecule has 0 aliphatic rings. The first kappa shape index (κ1) is 15.5. The Morgan fingerprint density at radius 3 is 2.33 bits per heavy atom. The maximum Gasteiger partial charge on any atom is 0.0470 e. The lowest BCUT2D eigenvalue weighted by molar-refractivity contribution is 0.152. The van der Waals surface area contributed by atoms with Gasteiger partial charge in [0.05, 0.1) is 0 Å². The molecule has 2 N–H and O–H groups in total. The number of hydrogen-bond donors (Lipinski definition) is 1. The molecular weight excluding hydrogens is 244 g/mol. The zero-order valence-electron chi connectivity index (χ0n) is 12.1. The third-order valence-corrected chi connectivity index (χ3v) is 4.31. The van der Waals surface area contributed by atoms with Gasteiger partial charge < -0.3 is 5.73 Å². The topological polar surface area (TPSA) is 29.3 Å². The molecule has 0 amide bonds. The van der Waals surface area contributed by atoms with E-state index in [4.69, 9.17) is 17.3 Å². The van der Waals surface area contributed by atoms with Crippen LogP contribution in [0.2, 0.25) is 5.02 Å². The Bertz CT molecular complexity index is 390. The van der Waals surface area contributed by atoms with Crippen molar-refractivity contribution >= 4 is 11.6 Å². The molecule has 2 atom stereocenters. The fourth-order valence-electron chi connectivity index (χ4n) is 2.11. The van der Waals surface area contributed by atoms with Crippen LogP contribution in [-0.4, -0.2) is 24.5 Å². The summed E-state index contributed by atoms with van der Waals surface area (Å²) in [4.78, 5) is 2.34. The lowest BCUT2D eigenvalue weighted by Crippen LogP contribution is -2.39. The summed E-state index contributed by atoms with van der Waals surface area (Å²) in [5, 5.41) is 0.816. The fourth-order valence-corrected chi connectivity index (χ4v) is 2.30. The standard InChI is InChI=1S/C15H25ClN2/c1-10(2)12(4)18(5)15(9-17)13-7-6-11(3)14(16)8-13/h6-8,10,12,15H,9,17H2,1-5H3. The molecule has 1 aromatic rings. The lowest BCUT2D eigenvalue weighted by atomic mass is 9.98. The molecular formula is C15H25ClN2. The Morgan fingerprint density at radius 2 is 1.89 bits per heavy atom. The summed E-state index contributed by atoms with van der Waals surface area (Å²) in [6, 6.07) is 6.94. The van der Waals surface area contributed by atoms with Crippen molar-refractivity contribution in [3.8, 4) is 0 Å². The molecule has 0 radical (unpaired) electrons. The molecule has 1 rings (SSSR count).